The second kappa shape index (κ2) is 6.06. The molecule has 2 N–H and O–H groups in total. The van der Waals surface area contributed by atoms with E-state index in [1.54, 1.807) is 11.9 Å². The molecule has 118 valence electrons. The quantitative estimate of drug-likeness (QED) is 0.916. The molecule has 2 heterocycles. The summed E-state index contributed by atoms with van der Waals surface area (Å²) >= 11 is 0. The van der Waals surface area contributed by atoms with Crippen LogP contribution in [-0.4, -0.2) is 46.2 Å². The predicted octanol–water partition coefficient (Wildman–Crippen LogP) is 1.04. The second-order valence-corrected chi connectivity index (χ2v) is 5.83. The molecular formula is C16H22N4O2. The number of nitrogens with zero attached hydrogens (tertiary/aromatic N) is 3. The SMILES string of the molecule is CN(Cc1nc2ccccc2n1C)C(=O)[C@@H]1CC[C@H](CN)O1. The van der Waals surface area contributed by atoms with Crippen LogP contribution in [0.4, 0.5) is 0 Å². The largest absolute Gasteiger partial charge is 0.364 e. The van der Waals surface area contributed by atoms with Crippen molar-refractivity contribution in [3.63, 3.8) is 0 Å². The number of para-hydroxylation sites is 2. The van der Waals surface area contributed by atoms with Crippen molar-refractivity contribution in [1.82, 2.24) is 14.5 Å². The summed E-state index contributed by atoms with van der Waals surface area (Å²) < 4.78 is 7.70. The number of amides is 1. The minimum absolute atomic E-state index is 0.00278. The topological polar surface area (TPSA) is 73.4 Å². The van der Waals surface area contributed by atoms with E-state index in [1.165, 1.54) is 0 Å². The third-order valence-electron chi connectivity index (χ3n) is 4.28. The number of carbonyl (C=O) groups excluding carboxylic acids is 1. The van der Waals surface area contributed by atoms with Crippen molar-refractivity contribution in [2.75, 3.05) is 13.6 Å². The minimum Gasteiger partial charge on any atom is -0.364 e. The highest BCUT2D eigenvalue weighted by molar-refractivity contribution is 5.81. The summed E-state index contributed by atoms with van der Waals surface area (Å²) in [5.41, 5.74) is 7.61. The molecule has 1 fully saturated rings. The summed E-state index contributed by atoms with van der Waals surface area (Å²) in [5.74, 6) is 0.869. The van der Waals surface area contributed by atoms with Crippen molar-refractivity contribution in [2.45, 2.75) is 31.6 Å². The van der Waals surface area contributed by atoms with E-state index in [2.05, 4.69) is 4.98 Å². The second-order valence-electron chi connectivity index (χ2n) is 5.83. The number of nitrogens with two attached hydrogens (primary N) is 1. The zero-order valence-corrected chi connectivity index (χ0v) is 13.0. The summed E-state index contributed by atoms with van der Waals surface area (Å²) in [6.07, 6.45) is 1.24. The molecule has 1 aliphatic heterocycles. The minimum atomic E-state index is -0.367. The lowest BCUT2D eigenvalue weighted by atomic mass is 10.2. The number of rotatable bonds is 4. The van der Waals surface area contributed by atoms with Crippen molar-refractivity contribution in [1.29, 1.82) is 0 Å². The fourth-order valence-corrected chi connectivity index (χ4v) is 2.93. The monoisotopic (exact) mass is 302 g/mol. The molecule has 3 rings (SSSR count). The van der Waals surface area contributed by atoms with Gasteiger partial charge in [0.05, 0.1) is 23.7 Å². The molecule has 0 bridgehead atoms. The Morgan fingerprint density at radius 3 is 2.91 bits per heavy atom. The van der Waals surface area contributed by atoms with Crippen molar-refractivity contribution >= 4 is 16.9 Å². The Bertz CT molecular complexity index is 682. The molecule has 0 aliphatic carbocycles. The van der Waals surface area contributed by atoms with Crippen molar-refractivity contribution in [2.24, 2.45) is 12.8 Å². The highest BCUT2D eigenvalue weighted by Crippen LogP contribution is 2.21. The highest BCUT2D eigenvalue weighted by atomic mass is 16.5. The van der Waals surface area contributed by atoms with E-state index in [0.29, 0.717) is 13.1 Å². The zero-order chi connectivity index (χ0) is 15.7. The van der Waals surface area contributed by atoms with E-state index in [1.807, 2.05) is 35.9 Å². The molecule has 1 saturated heterocycles. The Balaban J connectivity index is 1.71. The first kappa shape index (κ1) is 15.0. The maximum atomic E-state index is 12.5. The molecule has 0 saturated carbocycles. The lowest BCUT2D eigenvalue weighted by Crippen LogP contribution is -2.37. The number of aryl methyl sites for hydroxylation is 1. The van der Waals surface area contributed by atoms with E-state index in [9.17, 15) is 4.79 Å². The third kappa shape index (κ3) is 2.71. The molecule has 1 amide bonds. The van der Waals surface area contributed by atoms with Gasteiger partial charge < -0.3 is 19.9 Å². The van der Waals surface area contributed by atoms with Crippen LogP contribution < -0.4 is 5.73 Å². The Morgan fingerprint density at radius 1 is 1.45 bits per heavy atom. The molecule has 0 radical (unpaired) electrons. The van der Waals surface area contributed by atoms with Crippen LogP contribution >= 0.6 is 0 Å². The predicted molar refractivity (Wildman–Crippen MR) is 84.1 cm³/mol. The Morgan fingerprint density at radius 2 is 2.23 bits per heavy atom. The first-order valence-electron chi connectivity index (χ1n) is 7.61. The van der Waals surface area contributed by atoms with Gasteiger partial charge in [0.2, 0.25) is 0 Å². The van der Waals surface area contributed by atoms with E-state index < -0.39 is 0 Å². The molecule has 0 unspecified atom stereocenters. The maximum Gasteiger partial charge on any atom is 0.251 e. The standard InChI is InChI=1S/C16H22N4O2/c1-19(16(21)14-8-7-11(9-17)22-14)10-15-18-12-5-3-4-6-13(12)20(15)2/h3-6,11,14H,7-10,17H2,1-2H3/t11-,14+/m1/s1. The van der Waals surface area contributed by atoms with E-state index >= 15 is 0 Å². The van der Waals surface area contributed by atoms with Crippen LogP contribution in [-0.2, 0) is 23.1 Å². The maximum absolute atomic E-state index is 12.5. The van der Waals surface area contributed by atoms with Crippen LogP contribution in [0.2, 0.25) is 0 Å². The number of ether oxygens (including phenoxy) is 1. The Kier molecular flexibility index (Phi) is 4.13. The molecule has 2 atom stereocenters. The first-order chi connectivity index (χ1) is 10.6. The van der Waals surface area contributed by atoms with Gasteiger partial charge in [-0.2, -0.15) is 0 Å². The molecule has 1 aromatic heterocycles. The number of fused-ring (bicyclic) bond motifs is 1. The van der Waals surface area contributed by atoms with E-state index in [0.717, 1.165) is 29.7 Å². The van der Waals surface area contributed by atoms with Gasteiger partial charge in [0.15, 0.2) is 0 Å². The smallest absolute Gasteiger partial charge is 0.251 e. The van der Waals surface area contributed by atoms with E-state index in [4.69, 9.17) is 10.5 Å². The molecule has 6 heteroatoms. The van der Waals surface area contributed by atoms with Crippen LogP contribution in [0.3, 0.4) is 0 Å². The number of carbonyl (C=O) groups is 1. The van der Waals surface area contributed by atoms with Crippen LogP contribution in [0, 0.1) is 0 Å². The van der Waals surface area contributed by atoms with E-state index in [-0.39, 0.29) is 18.1 Å². The van der Waals surface area contributed by atoms with Crippen LogP contribution in [0.15, 0.2) is 24.3 Å². The van der Waals surface area contributed by atoms with Gasteiger partial charge in [0.1, 0.15) is 11.9 Å². The van der Waals surface area contributed by atoms with Crippen LogP contribution in [0.5, 0.6) is 0 Å². The average Bonchev–Trinajstić information content (AvgIpc) is 3.12. The summed E-state index contributed by atoms with van der Waals surface area (Å²) in [7, 11) is 3.76. The van der Waals surface area contributed by atoms with Crippen molar-refractivity contribution in [3.05, 3.63) is 30.1 Å². The number of hydrogen-bond donors (Lipinski definition) is 1. The zero-order valence-electron chi connectivity index (χ0n) is 13.0. The normalized spacial score (nSPS) is 21.4. The number of likely N-dealkylation sites (N-methyl/N-ethyl adjacent to an activating group) is 1. The van der Waals surface area contributed by atoms with Gasteiger partial charge >= 0.3 is 0 Å². The molecule has 1 aromatic carbocycles. The highest BCUT2D eigenvalue weighted by Gasteiger charge is 2.32. The van der Waals surface area contributed by atoms with Crippen LogP contribution in [0.25, 0.3) is 11.0 Å². The Hall–Kier alpha value is -1.92. The fraction of sp³-hybridized carbons (Fsp3) is 0.500. The Labute approximate surface area is 129 Å². The number of hydrogen-bond acceptors (Lipinski definition) is 4. The third-order valence-corrected chi connectivity index (χ3v) is 4.28. The van der Waals surface area contributed by atoms with Gasteiger partial charge in [0, 0.05) is 20.6 Å². The van der Waals surface area contributed by atoms with Crippen LogP contribution in [0.1, 0.15) is 18.7 Å². The molecule has 0 spiro atoms. The summed E-state index contributed by atoms with van der Waals surface area (Å²) in [6, 6.07) is 7.96. The van der Waals surface area contributed by atoms with Gasteiger partial charge in [-0.05, 0) is 25.0 Å². The first-order valence-corrected chi connectivity index (χ1v) is 7.61. The number of aromatic nitrogens is 2. The number of benzene rings is 1. The lowest BCUT2D eigenvalue weighted by Gasteiger charge is -2.21. The molecule has 22 heavy (non-hydrogen) atoms. The summed E-state index contributed by atoms with van der Waals surface area (Å²) in [4.78, 5) is 18.7. The van der Waals surface area contributed by atoms with Gasteiger partial charge in [-0.15, -0.1) is 0 Å². The lowest BCUT2D eigenvalue weighted by molar-refractivity contribution is -0.142. The molecule has 6 nitrogen and oxygen atoms in total. The molecular weight excluding hydrogens is 280 g/mol. The molecule has 2 aromatic rings. The number of imidazole rings is 1. The van der Waals surface area contributed by atoms with Gasteiger partial charge in [-0.3, -0.25) is 4.79 Å². The van der Waals surface area contributed by atoms with Crippen molar-refractivity contribution < 1.29 is 9.53 Å². The molecule has 1 aliphatic rings. The average molecular weight is 302 g/mol. The van der Waals surface area contributed by atoms with Gasteiger partial charge in [-0.25, -0.2) is 4.98 Å². The summed E-state index contributed by atoms with van der Waals surface area (Å²) in [6.45, 7) is 0.940. The van der Waals surface area contributed by atoms with Crippen molar-refractivity contribution in [3.8, 4) is 0 Å². The van der Waals surface area contributed by atoms with Gasteiger partial charge in [-0.1, -0.05) is 12.1 Å². The summed E-state index contributed by atoms with van der Waals surface area (Å²) in [5, 5.41) is 0. The fourth-order valence-electron chi connectivity index (χ4n) is 2.93. The van der Waals surface area contributed by atoms with Gasteiger partial charge in [0.25, 0.3) is 5.91 Å².